The molecule has 1 aromatic heterocycles. The van der Waals surface area contributed by atoms with Gasteiger partial charge < -0.3 is 9.84 Å². The van der Waals surface area contributed by atoms with Gasteiger partial charge in [-0.05, 0) is 37.7 Å². The summed E-state index contributed by atoms with van der Waals surface area (Å²) in [7, 11) is 0. The maximum Gasteiger partial charge on any atom is 0.317 e. The molecule has 4 nitrogen and oxygen atoms in total. The molecule has 0 radical (unpaired) electrons. The summed E-state index contributed by atoms with van der Waals surface area (Å²) in [6.45, 7) is 0.291. The highest BCUT2D eigenvalue weighted by Gasteiger charge is 2.22. The summed E-state index contributed by atoms with van der Waals surface area (Å²) in [6.07, 6.45) is 5.98. The van der Waals surface area contributed by atoms with Crippen molar-refractivity contribution in [1.82, 2.24) is 9.97 Å². The van der Waals surface area contributed by atoms with Gasteiger partial charge in [0.15, 0.2) is 0 Å². The monoisotopic (exact) mass is 258 g/mol. The summed E-state index contributed by atoms with van der Waals surface area (Å²) >= 11 is 0. The number of hydrogen-bond donors (Lipinski definition) is 1. The van der Waals surface area contributed by atoms with Crippen LogP contribution in [0.15, 0.2) is 30.5 Å². The van der Waals surface area contributed by atoms with E-state index in [9.17, 15) is 0 Å². The fraction of sp³-hybridized carbons (Fsp3) is 0.467. The second-order valence-electron chi connectivity index (χ2n) is 5.15. The summed E-state index contributed by atoms with van der Waals surface area (Å²) in [6, 6.07) is 8.36. The highest BCUT2D eigenvalue weighted by molar-refractivity contribution is 5.77. The normalized spacial score (nSPS) is 23.4. The van der Waals surface area contributed by atoms with Crippen LogP contribution >= 0.6 is 0 Å². The lowest BCUT2D eigenvalue weighted by molar-refractivity contribution is 0.0969. The zero-order chi connectivity index (χ0) is 13.1. The van der Waals surface area contributed by atoms with Crippen molar-refractivity contribution in [2.75, 3.05) is 6.61 Å². The van der Waals surface area contributed by atoms with Crippen molar-refractivity contribution in [2.24, 2.45) is 5.92 Å². The number of rotatable bonds is 3. The average molecular weight is 258 g/mol. The van der Waals surface area contributed by atoms with Gasteiger partial charge in [-0.25, -0.2) is 4.98 Å². The number of aliphatic hydroxyl groups excluding tert-OH is 1. The molecular weight excluding hydrogens is 240 g/mol. The lowest BCUT2D eigenvalue weighted by Gasteiger charge is -2.26. The van der Waals surface area contributed by atoms with Gasteiger partial charge in [-0.3, -0.25) is 0 Å². The summed E-state index contributed by atoms with van der Waals surface area (Å²) in [5, 5.41) is 10.1. The Morgan fingerprint density at radius 3 is 2.74 bits per heavy atom. The van der Waals surface area contributed by atoms with Gasteiger partial charge in [0.2, 0.25) is 0 Å². The number of fused-ring (bicyclic) bond motifs is 1. The van der Waals surface area contributed by atoms with Gasteiger partial charge >= 0.3 is 6.01 Å². The van der Waals surface area contributed by atoms with Gasteiger partial charge in [0.25, 0.3) is 0 Å². The molecule has 0 amide bonds. The van der Waals surface area contributed by atoms with Crippen molar-refractivity contribution in [2.45, 2.75) is 31.8 Å². The number of benzene rings is 1. The molecule has 3 rings (SSSR count). The molecule has 1 aromatic carbocycles. The van der Waals surface area contributed by atoms with Crippen molar-refractivity contribution >= 4 is 10.9 Å². The molecule has 1 aliphatic rings. The molecule has 0 saturated heterocycles. The van der Waals surface area contributed by atoms with Crippen LogP contribution in [-0.4, -0.2) is 27.8 Å². The molecule has 1 heterocycles. The van der Waals surface area contributed by atoms with Crippen LogP contribution in [0.2, 0.25) is 0 Å². The van der Waals surface area contributed by atoms with Crippen LogP contribution < -0.4 is 4.74 Å². The summed E-state index contributed by atoms with van der Waals surface area (Å²) in [5.74, 6) is 0.442. The SMILES string of the molecule is OCC1CCC(Oc2ncc3ccccc3n2)CC1. The highest BCUT2D eigenvalue weighted by Crippen LogP contribution is 2.26. The minimum Gasteiger partial charge on any atom is -0.460 e. The standard InChI is InChI=1S/C15H18N2O2/c18-10-11-5-7-13(8-6-11)19-15-16-9-12-3-1-2-4-14(12)17-15/h1-4,9,11,13,18H,5-8,10H2. The number of aliphatic hydroxyl groups is 1. The molecule has 1 saturated carbocycles. The quantitative estimate of drug-likeness (QED) is 0.919. The smallest absolute Gasteiger partial charge is 0.317 e. The molecule has 0 aliphatic heterocycles. The van der Waals surface area contributed by atoms with Crippen LogP contribution in [0.5, 0.6) is 6.01 Å². The molecule has 0 bridgehead atoms. The molecule has 100 valence electrons. The van der Waals surface area contributed by atoms with Crippen LogP contribution in [0.4, 0.5) is 0 Å². The second-order valence-corrected chi connectivity index (χ2v) is 5.15. The predicted molar refractivity (Wildman–Crippen MR) is 73.0 cm³/mol. The van der Waals surface area contributed by atoms with Crippen molar-refractivity contribution < 1.29 is 9.84 Å². The van der Waals surface area contributed by atoms with Crippen LogP contribution in [0, 0.1) is 5.92 Å². The van der Waals surface area contributed by atoms with Gasteiger partial charge in [-0.2, -0.15) is 4.98 Å². The van der Waals surface area contributed by atoms with E-state index in [1.165, 1.54) is 0 Å². The first kappa shape index (κ1) is 12.4. The minimum absolute atomic E-state index is 0.184. The van der Waals surface area contributed by atoms with Gasteiger partial charge in [0.1, 0.15) is 6.10 Å². The van der Waals surface area contributed by atoms with Crippen LogP contribution in [0.1, 0.15) is 25.7 Å². The third-order valence-electron chi connectivity index (χ3n) is 3.79. The first-order valence-electron chi connectivity index (χ1n) is 6.84. The first-order valence-corrected chi connectivity index (χ1v) is 6.84. The Hall–Kier alpha value is -1.68. The van der Waals surface area contributed by atoms with E-state index in [1.54, 1.807) is 6.20 Å². The molecule has 19 heavy (non-hydrogen) atoms. The largest absolute Gasteiger partial charge is 0.460 e. The van der Waals surface area contributed by atoms with Crippen LogP contribution in [0.25, 0.3) is 10.9 Å². The van der Waals surface area contributed by atoms with Crippen molar-refractivity contribution in [1.29, 1.82) is 0 Å². The second kappa shape index (κ2) is 5.53. The molecule has 1 fully saturated rings. The van der Waals surface area contributed by atoms with Gasteiger partial charge in [0, 0.05) is 18.2 Å². The molecule has 1 N–H and O–H groups in total. The molecule has 0 atom stereocenters. The summed E-state index contributed by atoms with van der Waals surface area (Å²) in [5.41, 5.74) is 0.913. The van der Waals surface area contributed by atoms with Crippen molar-refractivity contribution in [3.05, 3.63) is 30.5 Å². The van der Waals surface area contributed by atoms with Gasteiger partial charge in [0.05, 0.1) is 5.52 Å². The topological polar surface area (TPSA) is 55.2 Å². The van der Waals surface area contributed by atoms with Gasteiger partial charge in [-0.1, -0.05) is 18.2 Å². The number of para-hydroxylation sites is 1. The van der Waals surface area contributed by atoms with Crippen molar-refractivity contribution in [3.8, 4) is 6.01 Å². The molecular formula is C15H18N2O2. The molecule has 1 aliphatic carbocycles. The fourth-order valence-corrected chi connectivity index (χ4v) is 2.59. The third-order valence-corrected chi connectivity index (χ3v) is 3.79. The van der Waals surface area contributed by atoms with Crippen molar-refractivity contribution in [3.63, 3.8) is 0 Å². The van der Waals surface area contributed by atoms with E-state index >= 15 is 0 Å². The first-order chi connectivity index (χ1) is 9.35. The number of ether oxygens (including phenoxy) is 1. The fourth-order valence-electron chi connectivity index (χ4n) is 2.59. The summed E-state index contributed by atoms with van der Waals surface area (Å²) < 4.78 is 5.85. The lowest BCUT2D eigenvalue weighted by Crippen LogP contribution is -2.26. The Bertz CT molecular complexity index is 551. The Kier molecular flexibility index (Phi) is 3.60. The molecule has 2 aromatic rings. The van der Waals surface area contributed by atoms with E-state index in [1.807, 2.05) is 24.3 Å². The van der Waals surface area contributed by atoms with E-state index in [0.29, 0.717) is 18.5 Å². The third kappa shape index (κ3) is 2.84. The van der Waals surface area contributed by atoms with Gasteiger partial charge in [-0.15, -0.1) is 0 Å². The average Bonchev–Trinajstić information content (AvgIpc) is 2.48. The molecule has 0 spiro atoms. The number of hydrogen-bond acceptors (Lipinski definition) is 4. The summed E-state index contributed by atoms with van der Waals surface area (Å²) in [4.78, 5) is 8.68. The minimum atomic E-state index is 0.184. The van der Waals surface area contributed by atoms with E-state index in [2.05, 4.69) is 9.97 Å². The molecule has 4 heteroatoms. The zero-order valence-corrected chi connectivity index (χ0v) is 10.8. The highest BCUT2D eigenvalue weighted by atomic mass is 16.5. The Morgan fingerprint density at radius 2 is 1.95 bits per heavy atom. The zero-order valence-electron chi connectivity index (χ0n) is 10.8. The number of nitrogens with zero attached hydrogens (tertiary/aromatic N) is 2. The van der Waals surface area contributed by atoms with Crippen LogP contribution in [0.3, 0.4) is 0 Å². The molecule has 0 unspecified atom stereocenters. The van der Waals surface area contributed by atoms with E-state index in [-0.39, 0.29) is 6.10 Å². The van der Waals surface area contributed by atoms with E-state index < -0.39 is 0 Å². The van der Waals surface area contributed by atoms with E-state index in [0.717, 1.165) is 36.6 Å². The predicted octanol–water partition coefficient (Wildman–Crippen LogP) is 2.56. The Morgan fingerprint density at radius 1 is 1.16 bits per heavy atom. The number of aromatic nitrogens is 2. The van der Waals surface area contributed by atoms with E-state index in [4.69, 9.17) is 9.84 Å². The maximum absolute atomic E-state index is 9.12. The Balaban J connectivity index is 1.68. The maximum atomic E-state index is 9.12. The Labute approximate surface area is 112 Å². The lowest BCUT2D eigenvalue weighted by atomic mass is 9.88. The van der Waals surface area contributed by atoms with Crippen LogP contribution in [-0.2, 0) is 0 Å².